The minimum atomic E-state index is -0.535. The highest BCUT2D eigenvalue weighted by molar-refractivity contribution is 6.31. The van der Waals surface area contributed by atoms with Crippen molar-refractivity contribution in [1.82, 2.24) is 0 Å². The summed E-state index contributed by atoms with van der Waals surface area (Å²) >= 11 is 0. The number of rotatable bonds is 2. The van der Waals surface area contributed by atoms with E-state index in [1.54, 1.807) is 12.1 Å². The summed E-state index contributed by atoms with van der Waals surface area (Å²) in [4.78, 5) is 26.1. The van der Waals surface area contributed by atoms with E-state index in [0.29, 0.717) is 30.4 Å². The van der Waals surface area contributed by atoms with E-state index in [4.69, 9.17) is 4.74 Å². The average Bonchev–Trinajstić information content (AvgIpc) is 2.67. The lowest BCUT2D eigenvalue weighted by Crippen LogP contribution is -2.25. The fraction of sp³-hybridized carbons (Fsp3) is 0.300. The van der Waals surface area contributed by atoms with Crippen LogP contribution in [0, 0.1) is 5.92 Å². The van der Waals surface area contributed by atoms with E-state index in [9.17, 15) is 24.9 Å². The van der Waals surface area contributed by atoms with E-state index in [1.807, 2.05) is 0 Å². The molecule has 6 nitrogen and oxygen atoms in total. The van der Waals surface area contributed by atoms with Gasteiger partial charge in [0, 0.05) is 23.3 Å². The van der Waals surface area contributed by atoms with Crippen LogP contribution < -0.4 is 4.74 Å². The van der Waals surface area contributed by atoms with Crippen LogP contribution in [0.2, 0.25) is 0 Å². The fourth-order valence-electron chi connectivity index (χ4n) is 4.04. The fourth-order valence-corrected chi connectivity index (χ4v) is 4.04. The molecule has 4 rings (SSSR count). The Morgan fingerprint density at radius 3 is 2.42 bits per heavy atom. The number of phenols is 2. The number of hydrogen-bond acceptors (Lipinski definition) is 6. The van der Waals surface area contributed by atoms with E-state index in [-0.39, 0.29) is 52.0 Å². The number of ether oxygens (including phenoxy) is 1. The molecular weight excluding hydrogens is 336 g/mol. The minimum Gasteiger partial charge on any atom is -0.507 e. The summed E-state index contributed by atoms with van der Waals surface area (Å²) in [7, 11) is 1.40. The summed E-state index contributed by atoms with van der Waals surface area (Å²) < 4.78 is 5.21. The number of ketones is 2. The third-order valence-electron chi connectivity index (χ3n) is 5.39. The van der Waals surface area contributed by atoms with E-state index in [0.717, 1.165) is 0 Å². The molecule has 134 valence electrons. The summed E-state index contributed by atoms with van der Waals surface area (Å²) in [5.74, 6) is -1.37. The van der Waals surface area contributed by atoms with Gasteiger partial charge in [-0.2, -0.15) is 0 Å². The summed E-state index contributed by atoms with van der Waals surface area (Å²) in [5, 5.41) is 30.9. The Bertz CT molecular complexity index is 960. The highest BCUT2D eigenvalue weighted by Gasteiger charge is 2.40. The summed E-state index contributed by atoms with van der Waals surface area (Å²) in [6.45, 7) is -0.0381. The largest absolute Gasteiger partial charge is 0.507 e. The van der Waals surface area contributed by atoms with Crippen LogP contribution in [0.5, 0.6) is 17.2 Å². The van der Waals surface area contributed by atoms with Gasteiger partial charge in [-0.25, -0.2) is 0 Å². The number of carbonyl (C=O) groups is 2. The number of phenolic OH excluding ortho intramolecular Hbond substituents is 2. The second-order valence-electron chi connectivity index (χ2n) is 6.74. The van der Waals surface area contributed by atoms with Gasteiger partial charge in [-0.1, -0.05) is 12.1 Å². The van der Waals surface area contributed by atoms with Crippen molar-refractivity contribution < 1.29 is 29.6 Å². The normalized spacial score (nSPS) is 18.2. The molecule has 3 N–H and O–H groups in total. The maximum absolute atomic E-state index is 13.1. The molecule has 2 aliphatic carbocycles. The molecule has 0 fully saturated rings. The van der Waals surface area contributed by atoms with Gasteiger partial charge in [-0.3, -0.25) is 9.59 Å². The predicted molar refractivity (Wildman–Crippen MR) is 92.2 cm³/mol. The number of carbonyl (C=O) groups excluding carboxylic acids is 2. The maximum Gasteiger partial charge on any atom is 0.202 e. The summed E-state index contributed by atoms with van der Waals surface area (Å²) in [6.07, 6.45) is 1.41. The smallest absolute Gasteiger partial charge is 0.202 e. The van der Waals surface area contributed by atoms with E-state index in [2.05, 4.69) is 0 Å². The quantitative estimate of drug-likeness (QED) is 0.608. The maximum atomic E-state index is 13.1. The van der Waals surface area contributed by atoms with Crippen LogP contribution in [-0.2, 0) is 12.8 Å². The Morgan fingerprint density at radius 2 is 1.73 bits per heavy atom. The van der Waals surface area contributed by atoms with Crippen LogP contribution in [0.3, 0.4) is 0 Å². The summed E-state index contributed by atoms with van der Waals surface area (Å²) in [6, 6.07) is 4.69. The number of aromatic hydroxyl groups is 2. The van der Waals surface area contributed by atoms with Gasteiger partial charge in [0.15, 0.2) is 5.78 Å². The number of methoxy groups -OCH3 is 1. The molecule has 0 radical (unpaired) electrons. The van der Waals surface area contributed by atoms with Gasteiger partial charge in [0.05, 0.1) is 23.8 Å². The van der Waals surface area contributed by atoms with Gasteiger partial charge in [0.2, 0.25) is 5.78 Å². The van der Waals surface area contributed by atoms with Crippen molar-refractivity contribution in [3.8, 4) is 17.2 Å². The van der Waals surface area contributed by atoms with Gasteiger partial charge in [0.1, 0.15) is 17.2 Å². The highest BCUT2D eigenvalue weighted by atomic mass is 16.5. The van der Waals surface area contributed by atoms with Gasteiger partial charge in [-0.15, -0.1) is 0 Å². The Balaban J connectivity index is 2.01. The van der Waals surface area contributed by atoms with Gasteiger partial charge in [-0.05, 0) is 31.2 Å². The Kier molecular flexibility index (Phi) is 3.73. The van der Waals surface area contributed by atoms with Gasteiger partial charge in [0.25, 0.3) is 0 Å². The lowest BCUT2D eigenvalue weighted by atomic mass is 9.75. The van der Waals surface area contributed by atoms with Crippen LogP contribution in [0.15, 0.2) is 18.2 Å². The van der Waals surface area contributed by atoms with Crippen LogP contribution in [0.4, 0.5) is 0 Å². The molecule has 2 aromatic carbocycles. The number of aliphatic hydroxyl groups excluding tert-OH is 1. The molecule has 0 aliphatic heterocycles. The van der Waals surface area contributed by atoms with E-state index < -0.39 is 11.6 Å². The molecule has 0 amide bonds. The van der Waals surface area contributed by atoms with Crippen molar-refractivity contribution in [1.29, 1.82) is 0 Å². The molecule has 2 aliphatic rings. The summed E-state index contributed by atoms with van der Waals surface area (Å²) in [5.41, 5.74) is 0.845. The molecule has 1 unspecified atom stereocenters. The third kappa shape index (κ3) is 2.08. The molecule has 0 saturated carbocycles. The Labute approximate surface area is 149 Å². The second kappa shape index (κ2) is 5.85. The van der Waals surface area contributed by atoms with E-state index in [1.165, 1.54) is 13.2 Å². The standard InChI is InChI=1S/C20H18O6/c1-26-13-4-2-3-11-14(13)20(25)16-15(18(11)23)19(24)12-7-9(8-21)5-6-10(12)17(16)22/h2-4,9,21-22,24H,5-8H2,1H3. The van der Waals surface area contributed by atoms with Crippen molar-refractivity contribution in [2.24, 2.45) is 5.92 Å². The lowest BCUT2D eigenvalue weighted by Gasteiger charge is -2.29. The van der Waals surface area contributed by atoms with Crippen molar-refractivity contribution in [2.75, 3.05) is 13.7 Å². The zero-order valence-electron chi connectivity index (χ0n) is 14.2. The number of aliphatic hydroxyl groups is 1. The first-order valence-electron chi connectivity index (χ1n) is 8.46. The SMILES string of the molecule is COc1cccc2c1C(=O)c1c(O)c3c(c(O)c1C2=O)CC(CO)CC3. The van der Waals surface area contributed by atoms with Crippen molar-refractivity contribution >= 4 is 11.6 Å². The topological polar surface area (TPSA) is 104 Å². The van der Waals surface area contributed by atoms with Crippen LogP contribution in [0.1, 0.15) is 49.4 Å². The zero-order chi connectivity index (χ0) is 18.6. The van der Waals surface area contributed by atoms with Crippen molar-refractivity contribution in [3.63, 3.8) is 0 Å². The van der Waals surface area contributed by atoms with Crippen LogP contribution >= 0.6 is 0 Å². The molecule has 26 heavy (non-hydrogen) atoms. The molecule has 0 aromatic heterocycles. The highest BCUT2D eigenvalue weighted by Crippen LogP contribution is 2.47. The number of benzene rings is 2. The van der Waals surface area contributed by atoms with Crippen molar-refractivity contribution in [3.05, 3.63) is 51.6 Å². The van der Waals surface area contributed by atoms with E-state index >= 15 is 0 Å². The lowest BCUT2D eigenvalue weighted by molar-refractivity contribution is 0.0971. The first-order valence-corrected chi connectivity index (χ1v) is 8.46. The Morgan fingerprint density at radius 1 is 1.04 bits per heavy atom. The molecule has 0 bridgehead atoms. The monoisotopic (exact) mass is 354 g/mol. The van der Waals surface area contributed by atoms with Crippen LogP contribution in [0.25, 0.3) is 0 Å². The second-order valence-corrected chi connectivity index (χ2v) is 6.74. The van der Waals surface area contributed by atoms with Gasteiger partial charge < -0.3 is 20.1 Å². The zero-order valence-corrected chi connectivity index (χ0v) is 14.2. The molecule has 1 atom stereocenters. The van der Waals surface area contributed by atoms with Crippen LogP contribution in [-0.4, -0.2) is 40.6 Å². The molecule has 0 heterocycles. The third-order valence-corrected chi connectivity index (χ3v) is 5.39. The molecule has 0 saturated heterocycles. The number of hydrogen-bond donors (Lipinski definition) is 3. The number of fused-ring (bicyclic) bond motifs is 3. The Hall–Kier alpha value is -2.86. The first kappa shape index (κ1) is 16.6. The minimum absolute atomic E-state index is 0.0381. The molecule has 0 spiro atoms. The predicted octanol–water partition coefficient (Wildman–Crippen LogP) is 1.98. The average molecular weight is 354 g/mol. The first-order chi connectivity index (χ1) is 12.5. The molecule has 6 heteroatoms. The molecular formula is C20H18O6. The van der Waals surface area contributed by atoms with Crippen molar-refractivity contribution in [2.45, 2.75) is 19.3 Å². The molecule has 2 aromatic rings. The van der Waals surface area contributed by atoms with Gasteiger partial charge >= 0.3 is 0 Å².